The molecule has 0 aromatic carbocycles. The molecule has 0 amide bonds. The van der Waals surface area contributed by atoms with Crippen LogP contribution in [0.15, 0.2) is 46.6 Å². The standard InChI is InChI=1S/2C9H11.C2H6Si.2BrH.Ti/c2*1-2-5-9-7-3-6-8(9)4-1;1-3-2;;;/h2*4,6-7H,1-3,5H2;1-2H3;2*1H;/q;;;;;+2/p-2. The molecule has 0 N–H and O–H groups in total. The minimum Gasteiger partial charge on any atom is -1.00 e. The number of allylic oxidation sites excluding steroid dienone is 8. The van der Waals surface area contributed by atoms with Crippen LogP contribution in [0.1, 0.15) is 51.4 Å². The molecule has 0 saturated carbocycles. The van der Waals surface area contributed by atoms with Gasteiger partial charge in [0.25, 0.3) is 0 Å². The Bertz CT molecular complexity index is 601. The predicted molar refractivity (Wildman–Crippen MR) is 94.3 cm³/mol. The van der Waals surface area contributed by atoms with E-state index in [9.17, 15) is 0 Å². The van der Waals surface area contributed by atoms with E-state index in [1.807, 2.05) is 11.1 Å². The fraction of sp³-hybridized carbons (Fsp3) is 0.600. The van der Waals surface area contributed by atoms with Crippen LogP contribution in [0.5, 0.6) is 0 Å². The van der Waals surface area contributed by atoms with E-state index in [2.05, 4.69) is 37.4 Å². The Balaban J connectivity index is 0.00000104. The minimum absolute atomic E-state index is 0. The van der Waals surface area contributed by atoms with Crippen LogP contribution in [0.2, 0.25) is 21.5 Å². The summed E-state index contributed by atoms with van der Waals surface area (Å²) in [7, 11) is 0. The van der Waals surface area contributed by atoms with E-state index in [1.54, 1.807) is 11.1 Å². The summed E-state index contributed by atoms with van der Waals surface area (Å²) in [5, 5.41) is 0. The SMILES string of the molecule is C[Si](C)=[Ti+2]([CH]1CC=C2CCCC=C21)[CH]1CC=C2CCCC=C21.[Br-].[Br-]. The quantitative estimate of drug-likeness (QED) is 0.476. The summed E-state index contributed by atoms with van der Waals surface area (Å²) in [5.74, 6) is 0. The van der Waals surface area contributed by atoms with Crippen molar-refractivity contribution in [2.75, 3.05) is 0 Å². The van der Waals surface area contributed by atoms with E-state index in [0.717, 1.165) is 8.45 Å². The number of halogens is 2. The molecule has 24 heavy (non-hydrogen) atoms. The monoisotopic (exact) mass is 502 g/mol. The summed E-state index contributed by atoms with van der Waals surface area (Å²) in [6.07, 6.45) is 21.5. The van der Waals surface area contributed by atoms with Gasteiger partial charge in [0.15, 0.2) is 0 Å². The smallest absolute Gasteiger partial charge is 1.00 e. The minimum atomic E-state index is -1.07. The number of hydrogen-bond acceptors (Lipinski definition) is 0. The molecule has 0 aromatic rings. The zero-order chi connectivity index (χ0) is 15.1. The molecule has 0 aromatic heterocycles. The summed E-state index contributed by atoms with van der Waals surface area (Å²) in [6, 6.07) is 0. The van der Waals surface area contributed by atoms with E-state index >= 15 is 0 Å². The van der Waals surface area contributed by atoms with Crippen molar-refractivity contribution >= 4 is 6.19 Å². The Hall–Kier alpha value is 0.851. The molecule has 130 valence electrons. The van der Waals surface area contributed by atoms with E-state index in [-0.39, 0.29) is 40.1 Å². The molecule has 2 unspecified atom stereocenters. The molecule has 0 bridgehead atoms. The molecule has 4 heteroatoms. The molecule has 0 heterocycles. The van der Waals surface area contributed by atoms with Crippen molar-refractivity contribution in [2.24, 2.45) is 0 Å². The van der Waals surface area contributed by atoms with Gasteiger partial charge in [-0.15, -0.1) is 0 Å². The third-order valence-corrected chi connectivity index (χ3v) is 19.5. The van der Waals surface area contributed by atoms with Gasteiger partial charge in [-0.2, -0.15) is 0 Å². The Morgan fingerprint density at radius 2 is 1.25 bits per heavy atom. The molecule has 4 aliphatic rings. The van der Waals surface area contributed by atoms with Crippen LogP contribution >= 0.6 is 0 Å². The zero-order valence-corrected chi connectivity index (χ0v) is 20.6. The normalized spacial score (nSPS) is 27.0. The Morgan fingerprint density at radius 1 is 0.792 bits per heavy atom. The molecule has 0 radical (unpaired) electrons. The van der Waals surface area contributed by atoms with Gasteiger partial charge in [-0.25, -0.2) is 0 Å². The first-order valence-corrected chi connectivity index (χ1v) is 15.9. The van der Waals surface area contributed by atoms with Gasteiger partial charge in [0, 0.05) is 0 Å². The Labute approximate surface area is 175 Å². The van der Waals surface area contributed by atoms with E-state index in [1.165, 1.54) is 51.4 Å². The fourth-order valence-corrected chi connectivity index (χ4v) is 19.2. The van der Waals surface area contributed by atoms with Gasteiger partial charge >= 0.3 is 142 Å². The van der Waals surface area contributed by atoms with E-state index in [4.69, 9.17) is 0 Å². The molecular weight excluding hydrogens is 476 g/mol. The summed E-state index contributed by atoms with van der Waals surface area (Å²) in [6.45, 7) is 5.28. The average Bonchev–Trinajstić information content (AvgIpc) is 3.13. The maximum atomic E-state index is 2.64. The second-order valence-corrected chi connectivity index (χ2v) is 20.3. The van der Waals surface area contributed by atoms with Crippen LogP contribution in [-0.2, 0) is 16.6 Å². The van der Waals surface area contributed by atoms with Crippen LogP contribution in [0.3, 0.4) is 0 Å². The van der Waals surface area contributed by atoms with Gasteiger partial charge in [-0.1, -0.05) is 0 Å². The third-order valence-electron chi connectivity index (χ3n) is 6.05. The van der Waals surface area contributed by atoms with Gasteiger partial charge in [-0.05, 0) is 0 Å². The molecule has 0 spiro atoms. The molecule has 0 nitrogen and oxygen atoms in total. The second kappa shape index (κ2) is 9.17. The van der Waals surface area contributed by atoms with Crippen LogP contribution in [0, 0.1) is 0 Å². The van der Waals surface area contributed by atoms with E-state index in [0.29, 0.717) is 0 Å². The topological polar surface area (TPSA) is 0 Å². The van der Waals surface area contributed by atoms with Gasteiger partial charge in [-0.3, -0.25) is 0 Å². The van der Waals surface area contributed by atoms with Gasteiger partial charge < -0.3 is 34.0 Å². The Kier molecular flexibility index (Phi) is 8.08. The molecule has 0 fully saturated rings. The first-order valence-electron chi connectivity index (χ1n) is 9.22. The van der Waals surface area contributed by atoms with Crippen LogP contribution in [0.4, 0.5) is 0 Å². The summed E-state index contributed by atoms with van der Waals surface area (Å²) >= 11 is -1.07. The Morgan fingerprint density at radius 3 is 1.67 bits per heavy atom. The predicted octanol–water partition coefficient (Wildman–Crippen LogP) is 0.322. The summed E-state index contributed by atoms with van der Waals surface area (Å²) < 4.78 is 2.03. The van der Waals surface area contributed by atoms with Gasteiger partial charge in [0.05, 0.1) is 0 Å². The first kappa shape index (κ1) is 21.2. The largest absolute Gasteiger partial charge is 1.00 e. The number of hydrogen-bond donors (Lipinski definition) is 0. The van der Waals surface area contributed by atoms with Crippen molar-refractivity contribution < 1.29 is 50.6 Å². The molecule has 4 rings (SSSR count). The third kappa shape index (κ3) is 3.91. The first-order chi connectivity index (χ1) is 10.8. The van der Waals surface area contributed by atoms with E-state index < -0.39 is 16.6 Å². The van der Waals surface area contributed by atoms with Crippen molar-refractivity contribution in [1.29, 1.82) is 0 Å². The average molecular weight is 504 g/mol. The number of fused-ring (bicyclic) bond motifs is 2. The zero-order valence-electron chi connectivity index (χ0n) is 14.9. The molecule has 0 aliphatic heterocycles. The van der Waals surface area contributed by atoms with Gasteiger partial charge in [0.1, 0.15) is 0 Å². The summed E-state index contributed by atoms with van der Waals surface area (Å²) in [4.78, 5) is 0. The molecule has 0 saturated heterocycles. The maximum Gasteiger partial charge on any atom is -1.00 e. The van der Waals surface area contributed by atoms with Crippen molar-refractivity contribution in [1.82, 2.24) is 0 Å². The van der Waals surface area contributed by atoms with Crippen molar-refractivity contribution in [2.45, 2.75) is 72.9 Å². The fourth-order valence-electron chi connectivity index (χ4n) is 5.13. The molecule has 4 aliphatic carbocycles. The van der Waals surface area contributed by atoms with Crippen molar-refractivity contribution in [3.8, 4) is 0 Å². The van der Waals surface area contributed by atoms with Crippen molar-refractivity contribution in [3.05, 3.63) is 46.6 Å². The molecular formula is C20H28Br2SiTi. The molecule has 2 atom stereocenters. The van der Waals surface area contributed by atoms with Gasteiger partial charge in [0.2, 0.25) is 0 Å². The number of rotatable bonds is 2. The van der Waals surface area contributed by atoms with Crippen LogP contribution in [-0.4, -0.2) is 6.19 Å². The van der Waals surface area contributed by atoms with Crippen LogP contribution < -0.4 is 34.0 Å². The summed E-state index contributed by atoms with van der Waals surface area (Å²) in [5.41, 5.74) is 7.20. The second-order valence-electron chi connectivity index (χ2n) is 7.59. The van der Waals surface area contributed by atoms with Crippen molar-refractivity contribution in [3.63, 3.8) is 0 Å². The maximum absolute atomic E-state index is 2.64. The van der Waals surface area contributed by atoms with Crippen LogP contribution in [0.25, 0.3) is 0 Å².